The van der Waals surface area contributed by atoms with Crippen molar-refractivity contribution in [1.82, 2.24) is 4.98 Å². The average Bonchev–Trinajstić information content (AvgIpc) is 3.14. The van der Waals surface area contributed by atoms with Crippen molar-refractivity contribution in [3.05, 3.63) is 83.3 Å². The second kappa shape index (κ2) is 9.66. The second-order valence-electron chi connectivity index (χ2n) is 7.72. The fourth-order valence-electron chi connectivity index (χ4n) is 3.81. The van der Waals surface area contributed by atoms with Gasteiger partial charge in [-0.1, -0.05) is 18.2 Å². The molecule has 174 valence electrons. The smallest absolute Gasteiger partial charge is 0.255 e. The molecule has 0 fully saturated rings. The molecule has 4 aromatic rings. The van der Waals surface area contributed by atoms with Gasteiger partial charge in [-0.15, -0.1) is 0 Å². The molecule has 0 aliphatic rings. The summed E-state index contributed by atoms with van der Waals surface area (Å²) in [6.07, 6.45) is 0.0350. The SMILES string of the molecule is COc1cc(NC(=O)c2ccccc2)c(OC)cc1NC(=O)Cc1c(C)[nH]c2ccc(F)cc12. The van der Waals surface area contributed by atoms with E-state index in [1.807, 2.05) is 13.0 Å². The van der Waals surface area contributed by atoms with Gasteiger partial charge in [-0.05, 0) is 42.8 Å². The molecule has 0 bridgehead atoms. The van der Waals surface area contributed by atoms with Crippen molar-refractivity contribution in [1.29, 1.82) is 0 Å². The minimum absolute atomic E-state index is 0.0350. The number of carbonyl (C=O) groups excluding carboxylic acids is 2. The lowest BCUT2D eigenvalue weighted by Gasteiger charge is -2.16. The van der Waals surface area contributed by atoms with E-state index >= 15 is 0 Å². The summed E-state index contributed by atoms with van der Waals surface area (Å²) in [6.45, 7) is 1.84. The summed E-state index contributed by atoms with van der Waals surface area (Å²) in [6, 6.07) is 16.4. The molecule has 1 heterocycles. The lowest BCUT2D eigenvalue weighted by atomic mass is 10.1. The topological polar surface area (TPSA) is 92.4 Å². The highest BCUT2D eigenvalue weighted by molar-refractivity contribution is 6.06. The molecule has 7 nitrogen and oxygen atoms in total. The number of hydrogen-bond acceptors (Lipinski definition) is 4. The van der Waals surface area contributed by atoms with Crippen LogP contribution in [0.15, 0.2) is 60.7 Å². The number of H-pyrrole nitrogens is 1. The third-order valence-corrected chi connectivity index (χ3v) is 5.50. The molecular weight excluding hydrogens is 437 g/mol. The van der Waals surface area contributed by atoms with Crippen LogP contribution in [0.1, 0.15) is 21.6 Å². The third-order valence-electron chi connectivity index (χ3n) is 5.50. The van der Waals surface area contributed by atoms with E-state index in [4.69, 9.17) is 9.47 Å². The monoisotopic (exact) mass is 461 g/mol. The van der Waals surface area contributed by atoms with E-state index < -0.39 is 0 Å². The Bertz CT molecular complexity index is 1370. The molecule has 0 saturated carbocycles. The zero-order valence-corrected chi connectivity index (χ0v) is 19.0. The van der Waals surface area contributed by atoms with Crippen LogP contribution in [0.3, 0.4) is 0 Å². The molecule has 0 aliphatic carbocycles. The number of amides is 2. The fourth-order valence-corrected chi connectivity index (χ4v) is 3.81. The number of hydrogen-bond donors (Lipinski definition) is 3. The van der Waals surface area contributed by atoms with Crippen LogP contribution in [0, 0.1) is 12.7 Å². The van der Waals surface area contributed by atoms with Gasteiger partial charge in [0.2, 0.25) is 5.91 Å². The van der Waals surface area contributed by atoms with E-state index in [1.165, 1.54) is 26.4 Å². The molecule has 3 N–H and O–H groups in total. The number of aryl methyl sites for hydroxylation is 1. The Morgan fingerprint density at radius 3 is 2.21 bits per heavy atom. The Hall–Kier alpha value is -4.33. The van der Waals surface area contributed by atoms with Gasteiger partial charge in [-0.2, -0.15) is 0 Å². The van der Waals surface area contributed by atoms with Crippen molar-refractivity contribution in [2.45, 2.75) is 13.3 Å². The summed E-state index contributed by atoms with van der Waals surface area (Å²) in [4.78, 5) is 28.6. The first-order chi connectivity index (χ1) is 16.4. The molecule has 0 aliphatic heterocycles. The molecule has 0 unspecified atom stereocenters. The van der Waals surface area contributed by atoms with Crippen LogP contribution < -0.4 is 20.1 Å². The summed E-state index contributed by atoms with van der Waals surface area (Å²) < 4.78 is 24.6. The summed E-state index contributed by atoms with van der Waals surface area (Å²) in [7, 11) is 2.93. The van der Waals surface area contributed by atoms with Gasteiger partial charge >= 0.3 is 0 Å². The maximum Gasteiger partial charge on any atom is 0.255 e. The molecule has 2 amide bonds. The Morgan fingerprint density at radius 2 is 1.56 bits per heavy atom. The average molecular weight is 461 g/mol. The zero-order valence-electron chi connectivity index (χ0n) is 19.0. The van der Waals surface area contributed by atoms with Gasteiger partial charge in [0.05, 0.1) is 32.0 Å². The van der Waals surface area contributed by atoms with Crippen LogP contribution in [0.4, 0.5) is 15.8 Å². The molecule has 0 saturated heterocycles. The van der Waals surface area contributed by atoms with Crippen LogP contribution in [-0.4, -0.2) is 31.0 Å². The predicted molar refractivity (Wildman–Crippen MR) is 129 cm³/mol. The Morgan fingerprint density at radius 1 is 0.912 bits per heavy atom. The fraction of sp³-hybridized carbons (Fsp3) is 0.154. The highest BCUT2D eigenvalue weighted by Gasteiger charge is 2.18. The van der Waals surface area contributed by atoms with E-state index in [1.54, 1.807) is 42.5 Å². The van der Waals surface area contributed by atoms with E-state index in [0.29, 0.717) is 39.4 Å². The molecule has 0 atom stereocenters. The van der Waals surface area contributed by atoms with Gasteiger partial charge in [-0.25, -0.2) is 4.39 Å². The van der Waals surface area contributed by atoms with Crippen molar-refractivity contribution in [2.24, 2.45) is 0 Å². The van der Waals surface area contributed by atoms with E-state index in [-0.39, 0.29) is 24.1 Å². The molecule has 8 heteroatoms. The highest BCUT2D eigenvalue weighted by Crippen LogP contribution is 2.37. The molecule has 3 aromatic carbocycles. The first-order valence-electron chi connectivity index (χ1n) is 10.6. The number of ether oxygens (including phenoxy) is 2. The number of nitrogens with one attached hydrogen (secondary N) is 3. The van der Waals surface area contributed by atoms with Crippen molar-refractivity contribution < 1.29 is 23.5 Å². The summed E-state index contributed by atoms with van der Waals surface area (Å²) in [5, 5.41) is 6.30. The van der Waals surface area contributed by atoms with Crippen LogP contribution in [0.2, 0.25) is 0 Å². The second-order valence-corrected chi connectivity index (χ2v) is 7.72. The molecule has 34 heavy (non-hydrogen) atoms. The number of rotatable bonds is 7. The molecule has 0 radical (unpaired) electrons. The summed E-state index contributed by atoms with van der Waals surface area (Å²) >= 11 is 0. The Labute approximate surface area is 195 Å². The Balaban J connectivity index is 1.57. The van der Waals surface area contributed by atoms with Crippen LogP contribution in [0.5, 0.6) is 11.5 Å². The zero-order chi connectivity index (χ0) is 24.2. The van der Waals surface area contributed by atoms with Crippen molar-refractivity contribution in [2.75, 3.05) is 24.9 Å². The number of aromatic amines is 1. The maximum atomic E-state index is 13.8. The molecule has 0 spiro atoms. The van der Waals surface area contributed by atoms with E-state index in [9.17, 15) is 14.0 Å². The maximum absolute atomic E-state index is 13.8. The van der Waals surface area contributed by atoms with Gasteiger partial charge in [0.1, 0.15) is 17.3 Å². The number of halogens is 1. The van der Waals surface area contributed by atoms with Crippen LogP contribution >= 0.6 is 0 Å². The molecular formula is C26H24FN3O4. The van der Waals surface area contributed by atoms with Gasteiger partial charge in [0.25, 0.3) is 5.91 Å². The summed E-state index contributed by atoms with van der Waals surface area (Å²) in [5.74, 6) is -0.285. The lowest BCUT2D eigenvalue weighted by molar-refractivity contribution is -0.115. The van der Waals surface area contributed by atoms with Gasteiger partial charge in [-0.3, -0.25) is 9.59 Å². The quantitative estimate of drug-likeness (QED) is 0.358. The van der Waals surface area contributed by atoms with Gasteiger partial charge < -0.3 is 25.1 Å². The van der Waals surface area contributed by atoms with Crippen molar-refractivity contribution in [3.63, 3.8) is 0 Å². The first kappa shape index (κ1) is 22.8. The number of aromatic nitrogens is 1. The minimum Gasteiger partial charge on any atom is -0.494 e. The van der Waals surface area contributed by atoms with E-state index in [0.717, 1.165) is 11.2 Å². The minimum atomic E-state index is -0.368. The largest absolute Gasteiger partial charge is 0.494 e. The van der Waals surface area contributed by atoms with Crippen molar-refractivity contribution >= 4 is 34.1 Å². The Kier molecular flexibility index (Phi) is 6.49. The standard InChI is InChI=1S/C26H24FN3O4/c1-15-18(19-11-17(27)9-10-20(19)28-15)12-25(31)29-21-13-24(34-3)22(14-23(21)33-2)30-26(32)16-7-5-4-6-8-16/h4-11,13-14,28H,12H2,1-3H3,(H,29,31)(H,30,32). The first-order valence-corrected chi connectivity index (χ1v) is 10.6. The van der Waals surface area contributed by atoms with E-state index in [2.05, 4.69) is 15.6 Å². The summed E-state index contributed by atoms with van der Waals surface area (Å²) in [5.41, 5.74) is 3.54. The van der Waals surface area contributed by atoms with Gasteiger partial charge in [0, 0.05) is 34.3 Å². The third kappa shape index (κ3) is 4.71. The van der Waals surface area contributed by atoms with Gasteiger partial charge in [0.15, 0.2) is 0 Å². The lowest BCUT2D eigenvalue weighted by Crippen LogP contribution is -2.16. The molecule has 4 rings (SSSR count). The number of benzene rings is 3. The van der Waals surface area contributed by atoms with Crippen molar-refractivity contribution in [3.8, 4) is 11.5 Å². The highest BCUT2D eigenvalue weighted by atomic mass is 19.1. The predicted octanol–water partition coefficient (Wildman–Crippen LogP) is 5.07. The normalized spacial score (nSPS) is 10.7. The number of carbonyl (C=O) groups is 2. The van der Waals surface area contributed by atoms with Crippen LogP contribution in [-0.2, 0) is 11.2 Å². The number of fused-ring (bicyclic) bond motifs is 1. The molecule has 1 aromatic heterocycles. The number of methoxy groups -OCH3 is 2. The number of anilines is 2. The van der Waals surface area contributed by atoms with Crippen LogP contribution in [0.25, 0.3) is 10.9 Å².